The van der Waals surface area contributed by atoms with E-state index in [-0.39, 0.29) is 24.4 Å². The summed E-state index contributed by atoms with van der Waals surface area (Å²) in [5.41, 5.74) is 0. The maximum atomic E-state index is 7.56. The molecule has 69 valence electrons. The molecule has 0 aliphatic heterocycles. The van der Waals surface area contributed by atoms with Crippen LogP contribution in [0, 0.1) is 0 Å². The molecular formula is H6O6P2S2Sb. The zero-order valence-electron chi connectivity index (χ0n) is 4.84. The largest absolute Gasteiger partial charge is 0.325 e. The minimum absolute atomic E-state index is 0. The van der Waals surface area contributed by atoms with E-state index in [1.54, 1.807) is 0 Å². The smallest absolute Gasteiger partial charge is 0.319 e. The molecule has 0 aromatic carbocycles. The summed E-state index contributed by atoms with van der Waals surface area (Å²) >= 11 is 7.21. The van der Waals surface area contributed by atoms with Crippen LogP contribution < -0.4 is 0 Å². The molecule has 0 saturated carbocycles. The first-order chi connectivity index (χ1) is 4.00. The Morgan fingerprint density at radius 3 is 0.636 bits per heavy atom. The van der Waals surface area contributed by atoms with Crippen molar-refractivity contribution in [3.05, 3.63) is 0 Å². The summed E-state index contributed by atoms with van der Waals surface area (Å²) in [6, 6.07) is 0. The molecule has 6 nitrogen and oxygen atoms in total. The van der Waals surface area contributed by atoms with Crippen molar-refractivity contribution in [1.29, 1.82) is 0 Å². The van der Waals surface area contributed by atoms with E-state index in [1.807, 2.05) is 0 Å². The van der Waals surface area contributed by atoms with Crippen molar-refractivity contribution in [2.75, 3.05) is 0 Å². The molecule has 0 aromatic rings. The van der Waals surface area contributed by atoms with Gasteiger partial charge in [-0.25, -0.2) is 0 Å². The second-order valence-electron chi connectivity index (χ2n) is 1.03. The number of hydrogen-bond acceptors (Lipinski definition) is 2. The maximum Gasteiger partial charge on any atom is 0.319 e. The van der Waals surface area contributed by atoms with Crippen LogP contribution in [-0.4, -0.2) is 53.8 Å². The van der Waals surface area contributed by atoms with Crippen molar-refractivity contribution in [3.8, 4) is 0 Å². The van der Waals surface area contributed by atoms with Crippen LogP contribution in [0.2, 0.25) is 0 Å². The first-order valence-electron chi connectivity index (χ1n) is 1.57. The monoisotopic (exact) mass is 349 g/mol. The summed E-state index contributed by atoms with van der Waals surface area (Å²) in [6.45, 7) is -7.61. The zero-order chi connectivity index (χ0) is 9.00. The van der Waals surface area contributed by atoms with Gasteiger partial charge in [-0.15, -0.1) is 0 Å². The van der Waals surface area contributed by atoms with Gasteiger partial charge in [-0.3, -0.25) is 0 Å². The van der Waals surface area contributed by atoms with Gasteiger partial charge in [0, 0.05) is 24.4 Å². The van der Waals surface area contributed by atoms with Crippen molar-refractivity contribution in [2.45, 2.75) is 0 Å². The average molecular weight is 350 g/mol. The van der Waals surface area contributed by atoms with Crippen LogP contribution in [0.25, 0.3) is 0 Å². The van der Waals surface area contributed by atoms with Gasteiger partial charge in [-0.1, -0.05) is 0 Å². The third-order valence-electron chi connectivity index (χ3n) is 0. The Morgan fingerprint density at radius 2 is 0.636 bits per heavy atom. The Labute approximate surface area is 90.5 Å². The Bertz CT molecular complexity index is 131. The fourth-order valence-electron chi connectivity index (χ4n) is 0. The minimum atomic E-state index is -3.81. The summed E-state index contributed by atoms with van der Waals surface area (Å²) in [5.74, 6) is 0. The second kappa shape index (κ2) is 7.30. The van der Waals surface area contributed by atoms with Gasteiger partial charge in [0.05, 0.1) is 0 Å². The van der Waals surface area contributed by atoms with Gasteiger partial charge in [0.2, 0.25) is 0 Å². The molecule has 0 atom stereocenters. The summed E-state index contributed by atoms with van der Waals surface area (Å²) in [6.07, 6.45) is 0. The molecule has 0 saturated heterocycles. The summed E-state index contributed by atoms with van der Waals surface area (Å²) < 4.78 is 0. The van der Waals surface area contributed by atoms with Gasteiger partial charge < -0.3 is 29.4 Å². The number of hydrogen-bond donors (Lipinski definition) is 6. The Kier molecular flexibility index (Phi) is 12.4. The van der Waals surface area contributed by atoms with Gasteiger partial charge in [-0.2, -0.15) is 0 Å². The molecule has 0 aromatic heterocycles. The second-order valence-corrected chi connectivity index (χ2v) is 6.02. The minimum Gasteiger partial charge on any atom is -0.325 e. The molecule has 0 aliphatic rings. The normalized spacial score (nSPS) is 10.7. The summed E-state index contributed by atoms with van der Waals surface area (Å²) in [4.78, 5) is 45.3. The van der Waals surface area contributed by atoms with E-state index in [4.69, 9.17) is 29.4 Å². The van der Waals surface area contributed by atoms with Crippen LogP contribution in [0.15, 0.2) is 0 Å². The molecule has 6 N–H and O–H groups in total. The quantitative estimate of drug-likeness (QED) is 0.219. The summed E-state index contributed by atoms with van der Waals surface area (Å²) in [5, 5.41) is 0. The van der Waals surface area contributed by atoms with Gasteiger partial charge in [0.25, 0.3) is 0 Å². The molecule has 0 amide bonds. The Morgan fingerprint density at radius 1 is 0.636 bits per heavy atom. The van der Waals surface area contributed by atoms with Crippen LogP contribution in [0.3, 0.4) is 0 Å². The molecule has 0 rings (SSSR count). The average Bonchev–Trinajstić information content (AvgIpc) is 1.12. The van der Waals surface area contributed by atoms with Gasteiger partial charge in [0.15, 0.2) is 0 Å². The summed E-state index contributed by atoms with van der Waals surface area (Å²) in [7, 11) is 0. The topological polar surface area (TPSA) is 121 Å². The molecule has 0 spiro atoms. The first-order valence-corrected chi connectivity index (χ1v) is 6.89. The maximum absolute atomic E-state index is 7.56. The molecule has 11 heavy (non-hydrogen) atoms. The van der Waals surface area contributed by atoms with E-state index in [0.29, 0.717) is 0 Å². The Hall–Kier alpha value is 1.88. The molecule has 0 heterocycles. The van der Waals surface area contributed by atoms with Crippen molar-refractivity contribution in [1.82, 2.24) is 0 Å². The van der Waals surface area contributed by atoms with Crippen LogP contribution in [0.5, 0.6) is 0 Å². The van der Waals surface area contributed by atoms with Crippen LogP contribution >= 0.6 is 13.4 Å². The molecule has 0 unspecified atom stereocenters. The van der Waals surface area contributed by atoms with Crippen molar-refractivity contribution >= 4 is 61.5 Å². The fourth-order valence-corrected chi connectivity index (χ4v) is 0. The van der Waals surface area contributed by atoms with Crippen molar-refractivity contribution in [3.63, 3.8) is 0 Å². The molecule has 11 heteroatoms. The van der Waals surface area contributed by atoms with E-state index in [2.05, 4.69) is 23.6 Å². The van der Waals surface area contributed by atoms with E-state index in [0.717, 1.165) is 0 Å². The van der Waals surface area contributed by atoms with E-state index in [1.165, 1.54) is 0 Å². The van der Waals surface area contributed by atoms with Crippen LogP contribution in [0.4, 0.5) is 0 Å². The predicted molar refractivity (Wildman–Crippen MR) is 47.6 cm³/mol. The molecule has 3 radical (unpaired) electrons. The van der Waals surface area contributed by atoms with Gasteiger partial charge >= 0.3 is 13.4 Å². The van der Waals surface area contributed by atoms with Gasteiger partial charge in [-0.05, 0) is 23.6 Å². The first kappa shape index (κ1) is 18.6. The van der Waals surface area contributed by atoms with Crippen molar-refractivity contribution < 1.29 is 29.4 Å². The standard InChI is InChI=1S/2H3O3PS.Sb/c2*1-4(2,3)5;/h2*(H3,1,2,3,5);. The molecular weight excluding hydrogens is 344 g/mol. The van der Waals surface area contributed by atoms with E-state index in [9.17, 15) is 0 Å². The predicted octanol–water partition coefficient (Wildman–Crippen LogP) is -2.01. The SMILES string of the molecule is OP(O)(O)=S.OP(O)(O)=S.[Sb]. The molecule has 0 bridgehead atoms. The molecule has 0 aliphatic carbocycles. The Balaban J connectivity index is -0.000000107. The zero-order valence-corrected chi connectivity index (χ0v) is 10.8. The number of rotatable bonds is 0. The molecule has 0 fully saturated rings. The van der Waals surface area contributed by atoms with Crippen LogP contribution in [-0.2, 0) is 23.6 Å². The van der Waals surface area contributed by atoms with E-state index < -0.39 is 13.4 Å². The van der Waals surface area contributed by atoms with Gasteiger partial charge in [0.1, 0.15) is 0 Å². The van der Waals surface area contributed by atoms with Crippen LogP contribution in [0.1, 0.15) is 0 Å². The third-order valence-corrected chi connectivity index (χ3v) is 0. The fraction of sp³-hybridized carbons (Fsp3) is 0. The van der Waals surface area contributed by atoms with E-state index >= 15 is 0 Å². The third kappa shape index (κ3) is 329. The van der Waals surface area contributed by atoms with Crippen molar-refractivity contribution in [2.24, 2.45) is 0 Å².